The highest BCUT2D eigenvalue weighted by Gasteiger charge is 2.08. The lowest BCUT2D eigenvalue weighted by atomic mass is 10.1. The Morgan fingerprint density at radius 2 is 1.72 bits per heavy atom. The molecule has 3 rings (SSSR count). The second kappa shape index (κ2) is 7.45. The molecule has 1 heterocycles. The molecule has 1 aromatic heterocycles. The first-order valence-electron chi connectivity index (χ1n) is 8.08. The monoisotopic (exact) mass is 329 g/mol. The van der Waals surface area contributed by atoms with Crippen molar-refractivity contribution in [2.24, 2.45) is 0 Å². The molecule has 1 atom stereocenters. The van der Waals surface area contributed by atoms with Gasteiger partial charge in [0, 0.05) is 17.4 Å². The Bertz CT molecular complexity index is 882. The van der Waals surface area contributed by atoms with E-state index in [4.69, 9.17) is 5.26 Å². The summed E-state index contributed by atoms with van der Waals surface area (Å²) in [6.07, 6.45) is 0. The van der Waals surface area contributed by atoms with Gasteiger partial charge in [-0.3, -0.25) is 0 Å². The smallest absolute Gasteiger partial charge is 0.225 e. The minimum Gasteiger partial charge on any atom is -0.348 e. The van der Waals surface area contributed by atoms with Gasteiger partial charge in [-0.2, -0.15) is 10.2 Å². The predicted octanol–water partition coefficient (Wildman–Crippen LogP) is 4.57. The van der Waals surface area contributed by atoms with E-state index >= 15 is 0 Å². The summed E-state index contributed by atoms with van der Waals surface area (Å²) in [4.78, 5) is 9.00. The van der Waals surface area contributed by atoms with Crippen LogP contribution in [0.25, 0.3) is 0 Å². The molecule has 0 saturated carbocycles. The second-order valence-corrected chi connectivity index (χ2v) is 5.81. The Morgan fingerprint density at radius 3 is 2.40 bits per heavy atom. The summed E-state index contributed by atoms with van der Waals surface area (Å²) in [6, 6.07) is 21.5. The number of aryl methyl sites for hydroxylation is 1. The molecule has 0 saturated heterocycles. The molecule has 0 amide bonds. The van der Waals surface area contributed by atoms with Crippen LogP contribution in [-0.4, -0.2) is 9.97 Å². The van der Waals surface area contributed by atoms with Crippen molar-refractivity contribution in [1.29, 1.82) is 5.26 Å². The van der Waals surface area contributed by atoms with Crippen molar-refractivity contribution in [2.45, 2.75) is 19.9 Å². The second-order valence-electron chi connectivity index (χ2n) is 5.81. The van der Waals surface area contributed by atoms with Crippen molar-refractivity contribution >= 4 is 17.5 Å². The number of hydrogen-bond donors (Lipinski definition) is 2. The van der Waals surface area contributed by atoms with Crippen LogP contribution < -0.4 is 10.6 Å². The van der Waals surface area contributed by atoms with Crippen LogP contribution in [0.5, 0.6) is 0 Å². The van der Waals surface area contributed by atoms with Gasteiger partial charge >= 0.3 is 0 Å². The molecule has 0 fully saturated rings. The number of nitriles is 1. The maximum atomic E-state index is 8.87. The van der Waals surface area contributed by atoms with Gasteiger partial charge in [0.25, 0.3) is 0 Å². The summed E-state index contributed by atoms with van der Waals surface area (Å²) < 4.78 is 0. The van der Waals surface area contributed by atoms with Gasteiger partial charge in [0.1, 0.15) is 5.82 Å². The number of hydrogen-bond acceptors (Lipinski definition) is 5. The quantitative estimate of drug-likeness (QED) is 0.717. The zero-order valence-electron chi connectivity index (χ0n) is 14.2. The molecule has 25 heavy (non-hydrogen) atoms. The molecule has 0 spiro atoms. The molecular weight excluding hydrogens is 310 g/mol. The van der Waals surface area contributed by atoms with E-state index in [2.05, 4.69) is 45.7 Å². The van der Waals surface area contributed by atoms with E-state index in [1.54, 1.807) is 12.1 Å². The fourth-order valence-electron chi connectivity index (χ4n) is 2.49. The van der Waals surface area contributed by atoms with Gasteiger partial charge in [-0.25, -0.2) is 4.98 Å². The number of nitrogens with one attached hydrogen (secondary N) is 2. The van der Waals surface area contributed by atoms with Crippen molar-refractivity contribution in [2.75, 3.05) is 10.6 Å². The summed E-state index contributed by atoms with van der Waals surface area (Å²) in [7, 11) is 0. The van der Waals surface area contributed by atoms with Crippen LogP contribution in [0.4, 0.5) is 17.5 Å². The molecule has 5 heteroatoms. The molecule has 124 valence electrons. The number of aromatic nitrogens is 2. The molecule has 0 aliphatic heterocycles. The largest absolute Gasteiger partial charge is 0.348 e. The van der Waals surface area contributed by atoms with Crippen molar-refractivity contribution < 1.29 is 0 Å². The van der Waals surface area contributed by atoms with Crippen LogP contribution in [-0.2, 0) is 0 Å². The lowest BCUT2D eigenvalue weighted by molar-refractivity contribution is 0.858. The normalized spacial score (nSPS) is 11.4. The fraction of sp³-hybridized carbons (Fsp3) is 0.150. The minimum absolute atomic E-state index is 0.103. The maximum Gasteiger partial charge on any atom is 0.225 e. The summed E-state index contributed by atoms with van der Waals surface area (Å²) in [5.41, 5.74) is 3.55. The fourth-order valence-corrected chi connectivity index (χ4v) is 2.49. The number of benzene rings is 2. The van der Waals surface area contributed by atoms with Gasteiger partial charge in [0.15, 0.2) is 0 Å². The highest BCUT2D eigenvalue weighted by Crippen LogP contribution is 2.20. The van der Waals surface area contributed by atoms with Crippen LogP contribution >= 0.6 is 0 Å². The molecule has 0 aliphatic carbocycles. The summed E-state index contributed by atoms with van der Waals surface area (Å²) in [6.45, 7) is 4.01. The molecule has 0 radical (unpaired) electrons. The molecular formula is C20H19N5. The molecule has 5 nitrogen and oxygen atoms in total. The lowest BCUT2D eigenvalue weighted by Gasteiger charge is -2.15. The van der Waals surface area contributed by atoms with Gasteiger partial charge in [-0.05, 0) is 43.7 Å². The first kappa shape index (κ1) is 16.5. The standard InChI is InChI=1S/C20H19N5/c1-14-12-19(24-18-10-8-16(13-21)9-11-18)25-20(22-14)23-15(2)17-6-4-3-5-7-17/h3-12,15H,1-2H3,(H2,22,23,24,25). The number of anilines is 3. The van der Waals surface area contributed by atoms with Gasteiger partial charge < -0.3 is 10.6 Å². The highest BCUT2D eigenvalue weighted by molar-refractivity contribution is 5.58. The first-order chi connectivity index (χ1) is 12.1. The van der Waals surface area contributed by atoms with Gasteiger partial charge in [-0.1, -0.05) is 30.3 Å². The zero-order chi connectivity index (χ0) is 17.6. The molecule has 2 N–H and O–H groups in total. The average Bonchev–Trinajstić information content (AvgIpc) is 2.62. The van der Waals surface area contributed by atoms with E-state index in [0.29, 0.717) is 17.3 Å². The highest BCUT2D eigenvalue weighted by atomic mass is 15.2. The predicted molar refractivity (Wildman–Crippen MR) is 99.7 cm³/mol. The van der Waals surface area contributed by atoms with E-state index in [1.165, 1.54) is 5.56 Å². The minimum atomic E-state index is 0.103. The molecule has 0 aliphatic rings. The molecule has 0 bridgehead atoms. The van der Waals surface area contributed by atoms with E-state index in [-0.39, 0.29) is 6.04 Å². The average molecular weight is 329 g/mol. The van der Waals surface area contributed by atoms with Crippen LogP contribution in [0, 0.1) is 18.3 Å². The Hall–Kier alpha value is -3.39. The topological polar surface area (TPSA) is 73.6 Å². The summed E-state index contributed by atoms with van der Waals surface area (Å²) >= 11 is 0. The van der Waals surface area contributed by atoms with E-state index in [1.807, 2.05) is 43.3 Å². The molecule has 2 aromatic carbocycles. The van der Waals surface area contributed by atoms with E-state index < -0.39 is 0 Å². The molecule has 1 unspecified atom stereocenters. The zero-order valence-corrected chi connectivity index (χ0v) is 14.2. The lowest BCUT2D eigenvalue weighted by Crippen LogP contribution is -2.10. The Kier molecular flexibility index (Phi) is 4.91. The third-order valence-corrected chi connectivity index (χ3v) is 3.79. The van der Waals surface area contributed by atoms with Crippen molar-refractivity contribution in [3.63, 3.8) is 0 Å². The SMILES string of the molecule is Cc1cc(Nc2ccc(C#N)cc2)nc(NC(C)c2ccccc2)n1. The first-order valence-corrected chi connectivity index (χ1v) is 8.08. The Balaban J connectivity index is 1.77. The molecule has 3 aromatic rings. The summed E-state index contributed by atoms with van der Waals surface area (Å²) in [5, 5.41) is 15.5. The van der Waals surface area contributed by atoms with Gasteiger partial charge in [-0.15, -0.1) is 0 Å². The van der Waals surface area contributed by atoms with Crippen LogP contribution in [0.3, 0.4) is 0 Å². The van der Waals surface area contributed by atoms with Crippen LogP contribution in [0.1, 0.15) is 29.8 Å². The number of nitrogens with zero attached hydrogens (tertiary/aromatic N) is 3. The Labute approximate surface area is 147 Å². The van der Waals surface area contributed by atoms with Crippen molar-refractivity contribution in [3.8, 4) is 6.07 Å². The van der Waals surface area contributed by atoms with Crippen LogP contribution in [0.2, 0.25) is 0 Å². The maximum absolute atomic E-state index is 8.87. The van der Waals surface area contributed by atoms with E-state index in [0.717, 1.165) is 11.4 Å². The third-order valence-electron chi connectivity index (χ3n) is 3.79. The van der Waals surface area contributed by atoms with Crippen molar-refractivity contribution in [1.82, 2.24) is 9.97 Å². The van der Waals surface area contributed by atoms with Gasteiger partial charge in [0.2, 0.25) is 5.95 Å². The van der Waals surface area contributed by atoms with Crippen LogP contribution in [0.15, 0.2) is 60.7 Å². The van der Waals surface area contributed by atoms with Gasteiger partial charge in [0.05, 0.1) is 17.7 Å². The third kappa shape index (κ3) is 4.33. The van der Waals surface area contributed by atoms with E-state index in [9.17, 15) is 0 Å². The Morgan fingerprint density at radius 1 is 1.00 bits per heavy atom. The van der Waals surface area contributed by atoms with Crippen molar-refractivity contribution in [3.05, 3.63) is 77.5 Å². The number of rotatable bonds is 5. The summed E-state index contributed by atoms with van der Waals surface area (Å²) in [5.74, 6) is 1.28.